The maximum atomic E-state index is 13.2. The maximum absolute atomic E-state index is 13.2. The Labute approximate surface area is 78.9 Å². The largest absolute Gasteiger partial charge is 0.389 e. The molecular formula is C9H7FN2S. The molecule has 13 heavy (non-hydrogen) atoms. The van der Waals surface area contributed by atoms with E-state index < -0.39 is 0 Å². The molecule has 0 unspecified atom stereocenters. The van der Waals surface area contributed by atoms with E-state index in [0.717, 1.165) is 0 Å². The lowest BCUT2D eigenvalue weighted by Crippen LogP contribution is -1.88. The average Bonchev–Trinajstić information content (AvgIpc) is 2.52. The first-order chi connectivity index (χ1) is 6.29. The molecule has 0 radical (unpaired) electrons. The fourth-order valence-electron chi connectivity index (χ4n) is 1.11. The Bertz CT molecular complexity index is 425. The third-order valence-corrected chi connectivity index (χ3v) is 2.38. The normalized spacial score (nSPS) is 10.2. The Hall–Kier alpha value is -1.42. The topological polar surface area (TPSA) is 38.9 Å². The summed E-state index contributed by atoms with van der Waals surface area (Å²) >= 11 is 1.31. The van der Waals surface area contributed by atoms with Crippen molar-refractivity contribution in [1.82, 2.24) is 4.98 Å². The summed E-state index contributed by atoms with van der Waals surface area (Å²) in [6.45, 7) is 0. The number of anilines is 1. The molecule has 0 amide bonds. The SMILES string of the molecule is Nc1scnc1-c1ccccc1F. The fraction of sp³-hybridized carbons (Fsp3) is 0. The van der Waals surface area contributed by atoms with Crippen LogP contribution in [0.1, 0.15) is 0 Å². The number of nitrogens with two attached hydrogens (primary N) is 1. The Morgan fingerprint density at radius 1 is 1.31 bits per heavy atom. The average molecular weight is 194 g/mol. The molecule has 0 saturated heterocycles. The molecule has 66 valence electrons. The van der Waals surface area contributed by atoms with Crippen LogP contribution in [0.5, 0.6) is 0 Å². The zero-order chi connectivity index (χ0) is 9.26. The van der Waals surface area contributed by atoms with Gasteiger partial charge in [-0.3, -0.25) is 0 Å². The van der Waals surface area contributed by atoms with Gasteiger partial charge < -0.3 is 5.73 Å². The predicted octanol–water partition coefficient (Wildman–Crippen LogP) is 2.53. The number of halogens is 1. The lowest BCUT2D eigenvalue weighted by atomic mass is 10.1. The molecule has 1 aromatic carbocycles. The number of hydrogen-bond acceptors (Lipinski definition) is 3. The van der Waals surface area contributed by atoms with E-state index in [2.05, 4.69) is 4.98 Å². The van der Waals surface area contributed by atoms with Gasteiger partial charge in [0.05, 0.1) is 5.51 Å². The summed E-state index contributed by atoms with van der Waals surface area (Å²) in [6.07, 6.45) is 0. The van der Waals surface area contributed by atoms with E-state index >= 15 is 0 Å². The summed E-state index contributed by atoms with van der Waals surface area (Å²) in [5, 5.41) is 0.546. The zero-order valence-electron chi connectivity index (χ0n) is 6.70. The second kappa shape index (κ2) is 3.14. The molecule has 4 heteroatoms. The van der Waals surface area contributed by atoms with E-state index in [9.17, 15) is 4.39 Å². The molecule has 0 spiro atoms. The number of benzene rings is 1. The van der Waals surface area contributed by atoms with Gasteiger partial charge in [0, 0.05) is 5.56 Å². The van der Waals surface area contributed by atoms with Crippen molar-refractivity contribution in [2.24, 2.45) is 0 Å². The summed E-state index contributed by atoms with van der Waals surface area (Å²) < 4.78 is 13.2. The maximum Gasteiger partial charge on any atom is 0.132 e. The number of aromatic nitrogens is 1. The second-order valence-electron chi connectivity index (χ2n) is 2.55. The van der Waals surface area contributed by atoms with Crippen molar-refractivity contribution >= 4 is 16.3 Å². The minimum absolute atomic E-state index is 0.292. The standard InChI is InChI=1S/C9H7FN2S/c10-7-4-2-1-3-6(7)8-9(11)13-5-12-8/h1-5H,11H2. The molecule has 2 aromatic rings. The van der Waals surface area contributed by atoms with Gasteiger partial charge in [-0.2, -0.15) is 0 Å². The van der Waals surface area contributed by atoms with E-state index in [4.69, 9.17) is 5.73 Å². The molecule has 0 aliphatic carbocycles. The molecule has 2 N–H and O–H groups in total. The van der Waals surface area contributed by atoms with E-state index in [1.807, 2.05) is 0 Å². The number of nitrogens with zero attached hydrogens (tertiary/aromatic N) is 1. The van der Waals surface area contributed by atoms with E-state index in [1.54, 1.807) is 23.7 Å². The molecule has 0 fully saturated rings. The van der Waals surface area contributed by atoms with Gasteiger partial charge in [0.25, 0.3) is 0 Å². The van der Waals surface area contributed by atoms with Gasteiger partial charge in [-0.25, -0.2) is 9.37 Å². The molecule has 0 bridgehead atoms. The first kappa shape index (κ1) is 8.19. The summed E-state index contributed by atoms with van der Waals surface area (Å²) in [5.74, 6) is -0.292. The van der Waals surface area contributed by atoms with Crippen LogP contribution in [0.2, 0.25) is 0 Å². The van der Waals surface area contributed by atoms with Crippen molar-refractivity contribution in [1.29, 1.82) is 0 Å². The lowest BCUT2D eigenvalue weighted by Gasteiger charge is -1.99. The third kappa shape index (κ3) is 1.40. The zero-order valence-corrected chi connectivity index (χ0v) is 7.51. The minimum atomic E-state index is -0.292. The smallest absolute Gasteiger partial charge is 0.132 e. The molecule has 0 aliphatic rings. The first-order valence-electron chi connectivity index (χ1n) is 3.73. The molecule has 1 heterocycles. The summed E-state index contributed by atoms with van der Waals surface area (Å²) in [6, 6.07) is 6.47. The van der Waals surface area contributed by atoms with Gasteiger partial charge >= 0.3 is 0 Å². The van der Waals surface area contributed by atoms with Crippen molar-refractivity contribution < 1.29 is 4.39 Å². The van der Waals surface area contributed by atoms with Crippen molar-refractivity contribution in [3.63, 3.8) is 0 Å². The molecular weight excluding hydrogens is 187 g/mol. The summed E-state index contributed by atoms with van der Waals surface area (Å²) in [7, 11) is 0. The Balaban J connectivity index is 2.59. The van der Waals surface area contributed by atoms with Gasteiger partial charge in [-0.15, -0.1) is 11.3 Å². The van der Waals surface area contributed by atoms with Crippen LogP contribution in [0.4, 0.5) is 9.39 Å². The van der Waals surface area contributed by atoms with Crippen LogP contribution in [0.15, 0.2) is 29.8 Å². The lowest BCUT2D eigenvalue weighted by molar-refractivity contribution is 0.631. The van der Waals surface area contributed by atoms with Crippen molar-refractivity contribution in [2.45, 2.75) is 0 Å². The van der Waals surface area contributed by atoms with E-state index in [0.29, 0.717) is 16.3 Å². The highest BCUT2D eigenvalue weighted by Gasteiger charge is 2.09. The van der Waals surface area contributed by atoms with Crippen molar-refractivity contribution in [3.8, 4) is 11.3 Å². The van der Waals surface area contributed by atoms with Crippen LogP contribution in [0.3, 0.4) is 0 Å². The van der Waals surface area contributed by atoms with Gasteiger partial charge in [0.1, 0.15) is 16.5 Å². The van der Waals surface area contributed by atoms with Crippen molar-refractivity contribution in [2.75, 3.05) is 5.73 Å². The quantitative estimate of drug-likeness (QED) is 0.757. The Morgan fingerprint density at radius 3 is 2.69 bits per heavy atom. The van der Waals surface area contributed by atoms with Gasteiger partial charge in [-0.05, 0) is 12.1 Å². The fourth-order valence-corrected chi connectivity index (χ4v) is 1.66. The molecule has 2 rings (SSSR count). The van der Waals surface area contributed by atoms with Crippen LogP contribution >= 0.6 is 11.3 Å². The Morgan fingerprint density at radius 2 is 2.08 bits per heavy atom. The van der Waals surface area contributed by atoms with Gasteiger partial charge in [0.15, 0.2) is 0 Å². The van der Waals surface area contributed by atoms with Crippen LogP contribution in [-0.4, -0.2) is 4.98 Å². The third-order valence-electron chi connectivity index (χ3n) is 1.72. The number of hydrogen-bond donors (Lipinski definition) is 1. The molecule has 0 aliphatic heterocycles. The van der Waals surface area contributed by atoms with Gasteiger partial charge in [0.2, 0.25) is 0 Å². The van der Waals surface area contributed by atoms with Crippen LogP contribution in [0, 0.1) is 5.82 Å². The van der Waals surface area contributed by atoms with Crippen molar-refractivity contribution in [3.05, 3.63) is 35.6 Å². The van der Waals surface area contributed by atoms with Crippen LogP contribution in [0.25, 0.3) is 11.3 Å². The number of thiazole rings is 1. The Kier molecular flexibility index (Phi) is 1.98. The molecule has 1 aromatic heterocycles. The summed E-state index contributed by atoms with van der Waals surface area (Å²) in [5.41, 5.74) is 8.23. The monoisotopic (exact) mass is 194 g/mol. The van der Waals surface area contributed by atoms with Crippen LogP contribution < -0.4 is 5.73 Å². The van der Waals surface area contributed by atoms with E-state index in [-0.39, 0.29) is 5.82 Å². The number of nitrogen functional groups attached to an aromatic ring is 1. The van der Waals surface area contributed by atoms with Crippen LogP contribution in [-0.2, 0) is 0 Å². The molecule has 2 nitrogen and oxygen atoms in total. The highest BCUT2D eigenvalue weighted by molar-refractivity contribution is 7.14. The highest BCUT2D eigenvalue weighted by Crippen LogP contribution is 2.28. The second-order valence-corrected chi connectivity index (χ2v) is 3.43. The summed E-state index contributed by atoms with van der Waals surface area (Å²) in [4.78, 5) is 4.00. The highest BCUT2D eigenvalue weighted by atomic mass is 32.1. The van der Waals surface area contributed by atoms with E-state index in [1.165, 1.54) is 17.4 Å². The number of rotatable bonds is 1. The predicted molar refractivity (Wildman–Crippen MR) is 51.9 cm³/mol. The van der Waals surface area contributed by atoms with Gasteiger partial charge in [-0.1, -0.05) is 12.1 Å². The molecule has 0 saturated carbocycles. The minimum Gasteiger partial charge on any atom is -0.389 e. The molecule has 0 atom stereocenters. The first-order valence-corrected chi connectivity index (χ1v) is 4.61.